The molecule has 2 aromatic heterocycles. The van der Waals surface area contributed by atoms with Crippen molar-refractivity contribution in [3.63, 3.8) is 0 Å². The average Bonchev–Trinajstić information content (AvgIpc) is 3.24. The van der Waals surface area contributed by atoms with Crippen LogP contribution in [-0.4, -0.2) is 31.8 Å². The second kappa shape index (κ2) is 6.40. The van der Waals surface area contributed by atoms with E-state index in [1.165, 1.54) is 11.3 Å². The van der Waals surface area contributed by atoms with Gasteiger partial charge in [0.05, 0.1) is 18.1 Å². The summed E-state index contributed by atoms with van der Waals surface area (Å²) in [6, 6.07) is 9.65. The Balaban J connectivity index is 1.42. The normalized spacial score (nSPS) is 16.4. The fraction of sp³-hybridized carbons (Fsp3) is 0.250. The summed E-state index contributed by atoms with van der Waals surface area (Å²) in [6.45, 7) is 0.650. The van der Waals surface area contributed by atoms with E-state index >= 15 is 0 Å². The number of urea groups is 1. The van der Waals surface area contributed by atoms with Gasteiger partial charge >= 0.3 is 6.03 Å². The number of nitrogens with zero attached hydrogens (tertiary/aromatic N) is 4. The van der Waals surface area contributed by atoms with Crippen LogP contribution in [0.2, 0.25) is 0 Å². The number of thiazole rings is 1. The number of aromatic nitrogens is 4. The van der Waals surface area contributed by atoms with Gasteiger partial charge in [-0.3, -0.25) is 5.32 Å². The average molecular weight is 340 g/mol. The Morgan fingerprint density at radius 2 is 2.12 bits per heavy atom. The van der Waals surface area contributed by atoms with E-state index in [2.05, 4.69) is 25.7 Å². The van der Waals surface area contributed by atoms with Gasteiger partial charge in [0.2, 0.25) is 0 Å². The highest BCUT2D eigenvalue weighted by Gasteiger charge is 2.22. The lowest BCUT2D eigenvalue weighted by Crippen LogP contribution is -2.43. The van der Waals surface area contributed by atoms with Crippen LogP contribution in [0.15, 0.2) is 42.2 Å². The first-order valence-corrected chi connectivity index (χ1v) is 8.60. The predicted molar refractivity (Wildman–Crippen MR) is 91.8 cm³/mol. The number of aryl methyl sites for hydroxylation is 1. The Labute approximate surface area is 142 Å². The fourth-order valence-electron chi connectivity index (χ4n) is 2.82. The molecule has 0 spiro atoms. The third kappa shape index (κ3) is 3.00. The predicted octanol–water partition coefficient (Wildman–Crippen LogP) is 2.54. The van der Waals surface area contributed by atoms with Crippen LogP contribution in [0.5, 0.6) is 0 Å². The number of rotatable bonds is 3. The third-order valence-electron chi connectivity index (χ3n) is 3.98. The van der Waals surface area contributed by atoms with Crippen molar-refractivity contribution in [3.8, 4) is 11.3 Å². The van der Waals surface area contributed by atoms with E-state index < -0.39 is 0 Å². The summed E-state index contributed by atoms with van der Waals surface area (Å²) in [5, 5.41) is 10.8. The van der Waals surface area contributed by atoms with Gasteiger partial charge in [0, 0.05) is 12.0 Å². The smallest absolute Gasteiger partial charge is 0.320 e. The van der Waals surface area contributed by atoms with Crippen LogP contribution in [0.25, 0.3) is 11.3 Å². The molecular formula is C16H16N6OS. The largest absolute Gasteiger partial charge is 0.333 e. The first-order chi connectivity index (χ1) is 11.8. The van der Waals surface area contributed by atoms with Crippen molar-refractivity contribution in [3.05, 3.63) is 48.0 Å². The summed E-state index contributed by atoms with van der Waals surface area (Å²) in [5.41, 5.74) is 3.51. The molecule has 4 rings (SSSR count). The molecular weight excluding hydrogens is 324 g/mol. The first-order valence-electron chi connectivity index (χ1n) is 7.73. The minimum absolute atomic E-state index is 0.0484. The van der Waals surface area contributed by atoms with Crippen LogP contribution in [0.3, 0.4) is 0 Å². The number of carbonyl (C=O) groups is 1. The topological polar surface area (TPSA) is 84.7 Å². The van der Waals surface area contributed by atoms with Crippen molar-refractivity contribution in [1.82, 2.24) is 25.1 Å². The molecule has 1 atom stereocenters. The van der Waals surface area contributed by atoms with Gasteiger partial charge in [0.25, 0.3) is 0 Å². The fourth-order valence-corrected chi connectivity index (χ4v) is 3.51. The lowest BCUT2D eigenvalue weighted by atomic mass is 10.1. The van der Waals surface area contributed by atoms with Crippen molar-refractivity contribution < 1.29 is 4.79 Å². The molecule has 2 N–H and O–H groups in total. The summed E-state index contributed by atoms with van der Waals surface area (Å²) in [6.07, 6.45) is 3.24. The van der Waals surface area contributed by atoms with Gasteiger partial charge in [-0.05, 0) is 6.42 Å². The number of amides is 2. The maximum absolute atomic E-state index is 12.3. The van der Waals surface area contributed by atoms with Crippen molar-refractivity contribution in [1.29, 1.82) is 0 Å². The molecule has 7 nitrogen and oxygen atoms in total. The zero-order chi connectivity index (χ0) is 16.4. The number of nitrogens with one attached hydrogen (secondary N) is 2. The Hall–Kier alpha value is -2.74. The highest BCUT2D eigenvalue weighted by molar-refractivity contribution is 7.14. The van der Waals surface area contributed by atoms with Crippen LogP contribution in [0.1, 0.15) is 12.2 Å². The molecule has 1 aliphatic rings. The molecule has 1 unspecified atom stereocenters. The maximum atomic E-state index is 12.3. The molecule has 8 heteroatoms. The van der Waals surface area contributed by atoms with Gasteiger partial charge in [-0.25, -0.2) is 19.4 Å². The molecule has 2 amide bonds. The molecule has 1 aliphatic heterocycles. The van der Waals surface area contributed by atoms with E-state index in [-0.39, 0.29) is 12.1 Å². The van der Waals surface area contributed by atoms with E-state index in [1.54, 1.807) is 11.8 Å². The van der Waals surface area contributed by atoms with Crippen molar-refractivity contribution in [2.75, 3.05) is 5.32 Å². The Morgan fingerprint density at radius 1 is 1.25 bits per heavy atom. The zero-order valence-corrected chi connectivity index (χ0v) is 13.7. The minimum Gasteiger partial charge on any atom is -0.333 e. The molecule has 0 fully saturated rings. The van der Waals surface area contributed by atoms with E-state index in [1.807, 2.05) is 35.0 Å². The van der Waals surface area contributed by atoms with Crippen molar-refractivity contribution in [2.45, 2.75) is 25.4 Å². The molecule has 3 aromatic rings. The molecule has 0 aliphatic carbocycles. The quantitative estimate of drug-likeness (QED) is 0.767. The van der Waals surface area contributed by atoms with Crippen molar-refractivity contribution >= 4 is 22.4 Å². The molecule has 0 saturated heterocycles. The highest BCUT2D eigenvalue weighted by Crippen LogP contribution is 2.30. The lowest BCUT2D eigenvalue weighted by molar-refractivity contribution is 0.243. The van der Waals surface area contributed by atoms with Crippen LogP contribution >= 0.6 is 11.3 Å². The summed E-state index contributed by atoms with van der Waals surface area (Å²) in [4.78, 5) is 20.9. The van der Waals surface area contributed by atoms with Gasteiger partial charge < -0.3 is 5.32 Å². The van der Waals surface area contributed by atoms with E-state index in [4.69, 9.17) is 0 Å². The lowest BCUT2D eigenvalue weighted by Gasteiger charge is -2.23. The second-order valence-electron chi connectivity index (χ2n) is 5.59. The molecule has 1 aromatic carbocycles. The van der Waals surface area contributed by atoms with Gasteiger partial charge in [-0.1, -0.05) is 30.3 Å². The minimum atomic E-state index is -0.218. The molecule has 0 saturated carbocycles. The van der Waals surface area contributed by atoms with Crippen LogP contribution in [0.4, 0.5) is 9.80 Å². The number of carbonyl (C=O) groups excluding carboxylic acids is 1. The summed E-state index contributed by atoms with van der Waals surface area (Å²) in [7, 11) is 0. The second-order valence-corrected chi connectivity index (χ2v) is 6.44. The number of hydrogen-bond acceptors (Lipinski definition) is 5. The number of fused-ring (bicyclic) bond motifs is 1. The number of benzene rings is 1. The molecule has 3 heterocycles. The molecule has 0 radical (unpaired) electrons. The first kappa shape index (κ1) is 14.8. The zero-order valence-electron chi connectivity index (χ0n) is 12.8. The van der Waals surface area contributed by atoms with Crippen LogP contribution < -0.4 is 10.6 Å². The number of hydrogen-bond donors (Lipinski definition) is 2. The van der Waals surface area contributed by atoms with Crippen LogP contribution in [0, 0.1) is 0 Å². The molecule has 122 valence electrons. The maximum Gasteiger partial charge on any atom is 0.320 e. The summed E-state index contributed by atoms with van der Waals surface area (Å²) in [5.74, 6) is 0.974. The Kier molecular flexibility index (Phi) is 3.96. The number of anilines is 1. The van der Waals surface area contributed by atoms with Gasteiger partial charge in [-0.15, -0.1) is 11.3 Å². The van der Waals surface area contributed by atoms with E-state index in [9.17, 15) is 4.79 Å². The third-order valence-corrected chi connectivity index (χ3v) is 4.72. The van der Waals surface area contributed by atoms with Gasteiger partial charge in [0.1, 0.15) is 22.8 Å². The monoisotopic (exact) mass is 340 g/mol. The SMILES string of the molecule is O=C(Nc1scnc1-c1ccccc1)NC1CCc2ncnn2C1. The summed E-state index contributed by atoms with van der Waals surface area (Å²) >= 11 is 1.41. The standard InChI is InChI=1S/C16H16N6OS/c23-16(20-12-6-7-13-17-9-19-22(13)8-12)21-15-14(18-10-24-15)11-4-2-1-3-5-11/h1-5,9-10,12H,6-8H2,(H2,20,21,23). The van der Waals surface area contributed by atoms with Crippen molar-refractivity contribution in [2.24, 2.45) is 0 Å². The highest BCUT2D eigenvalue weighted by atomic mass is 32.1. The summed E-state index contributed by atoms with van der Waals surface area (Å²) < 4.78 is 1.84. The van der Waals surface area contributed by atoms with Gasteiger partial charge in [-0.2, -0.15) is 5.10 Å². The van der Waals surface area contributed by atoms with Crippen LogP contribution in [-0.2, 0) is 13.0 Å². The Morgan fingerprint density at radius 3 is 3.00 bits per heavy atom. The van der Waals surface area contributed by atoms with E-state index in [0.29, 0.717) is 6.54 Å². The molecule has 0 bridgehead atoms. The molecule has 24 heavy (non-hydrogen) atoms. The van der Waals surface area contributed by atoms with Gasteiger partial charge in [0.15, 0.2) is 0 Å². The Bertz CT molecular complexity index is 843. The van der Waals surface area contributed by atoms with E-state index in [0.717, 1.165) is 34.9 Å².